The van der Waals surface area contributed by atoms with Gasteiger partial charge in [-0.15, -0.1) is 11.3 Å². The Kier molecular flexibility index (Phi) is 5.42. The molecule has 0 radical (unpaired) electrons. The van der Waals surface area contributed by atoms with E-state index in [1.165, 1.54) is 11.3 Å². The standard InChI is InChI=1S/C18H14BrClN2O2S/c1-10-3-6-16(24-2)13(7-10)15-9-25-18(21-15)22-17(23)12-5-4-11(19)8-14(12)20/h3-9H,1-2H3,(H,21,22,23). The lowest BCUT2D eigenvalue weighted by atomic mass is 10.1. The number of aromatic nitrogens is 1. The lowest BCUT2D eigenvalue weighted by Crippen LogP contribution is -2.12. The third-order valence-corrected chi connectivity index (χ3v) is 5.10. The van der Waals surface area contributed by atoms with Crippen molar-refractivity contribution in [2.45, 2.75) is 6.92 Å². The molecule has 0 aliphatic heterocycles. The predicted molar refractivity (Wildman–Crippen MR) is 106 cm³/mol. The van der Waals surface area contributed by atoms with Gasteiger partial charge in [0.1, 0.15) is 5.75 Å². The van der Waals surface area contributed by atoms with Crippen LogP contribution in [0, 0.1) is 6.92 Å². The van der Waals surface area contributed by atoms with Crippen molar-refractivity contribution in [3.63, 3.8) is 0 Å². The first-order valence-electron chi connectivity index (χ1n) is 7.35. The number of nitrogens with one attached hydrogen (secondary N) is 1. The minimum absolute atomic E-state index is 0.297. The van der Waals surface area contributed by atoms with Crippen LogP contribution in [0.3, 0.4) is 0 Å². The van der Waals surface area contributed by atoms with Crippen molar-refractivity contribution < 1.29 is 9.53 Å². The molecule has 0 atom stereocenters. The van der Waals surface area contributed by atoms with Crippen LogP contribution >= 0.6 is 38.9 Å². The molecule has 3 aromatic rings. The molecular weight excluding hydrogens is 424 g/mol. The van der Waals surface area contributed by atoms with E-state index < -0.39 is 0 Å². The summed E-state index contributed by atoms with van der Waals surface area (Å²) in [4.78, 5) is 16.9. The van der Waals surface area contributed by atoms with Gasteiger partial charge in [-0.3, -0.25) is 10.1 Å². The zero-order valence-electron chi connectivity index (χ0n) is 13.5. The summed E-state index contributed by atoms with van der Waals surface area (Å²) in [6.45, 7) is 2.01. The Balaban J connectivity index is 1.85. The normalized spacial score (nSPS) is 10.6. The van der Waals surface area contributed by atoms with Gasteiger partial charge in [0.2, 0.25) is 0 Å². The predicted octanol–water partition coefficient (Wildman–Crippen LogP) is 5.80. The van der Waals surface area contributed by atoms with Crippen LogP contribution in [0.5, 0.6) is 5.75 Å². The number of hydrogen-bond donors (Lipinski definition) is 1. The summed E-state index contributed by atoms with van der Waals surface area (Å²) in [6, 6.07) is 11.0. The first kappa shape index (κ1) is 17.9. The van der Waals surface area contributed by atoms with Crippen LogP contribution < -0.4 is 10.1 Å². The average molecular weight is 438 g/mol. The van der Waals surface area contributed by atoms with Gasteiger partial charge in [-0.2, -0.15) is 0 Å². The quantitative estimate of drug-likeness (QED) is 0.561. The Morgan fingerprint density at radius 1 is 1.28 bits per heavy atom. The summed E-state index contributed by atoms with van der Waals surface area (Å²) in [6.07, 6.45) is 0. The number of methoxy groups -OCH3 is 1. The van der Waals surface area contributed by atoms with E-state index >= 15 is 0 Å². The maximum Gasteiger partial charge on any atom is 0.258 e. The number of aryl methyl sites for hydroxylation is 1. The van der Waals surface area contributed by atoms with E-state index in [1.54, 1.807) is 25.3 Å². The molecule has 2 aromatic carbocycles. The van der Waals surface area contributed by atoms with Gasteiger partial charge >= 0.3 is 0 Å². The van der Waals surface area contributed by atoms with E-state index in [2.05, 4.69) is 26.2 Å². The molecule has 0 unspecified atom stereocenters. The Morgan fingerprint density at radius 3 is 2.80 bits per heavy atom. The molecule has 0 saturated carbocycles. The Labute approximate surface area is 162 Å². The monoisotopic (exact) mass is 436 g/mol. The van der Waals surface area contributed by atoms with Crippen molar-refractivity contribution in [2.24, 2.45) is 0 Å². The molecule has 1 heterocycles. The zero-order chi connectivity index (χ0) is 18.0. The lowest BCUT2D eigenvalue weighted by molar-refractivity contribution is 0.102. The summed E-state index contributed by atoms with van der Waals surface area (Å²) >= 11 is 10.8. The van der Waals surface area contributed by atoms with E-state index in [1.807, 2.05) is 30.5 Å². The number of rotatable bonds is 4. The Hall–Kier alpha value is -1.89. The summed E-state index contributed by atoms with van der Waals surface area (Å²) in [5, 5.41) is 5.55. The molecule has 7 heteroatoms. The maximum atomic E-state index is 12.4. The fourth-order valence-corrected chi connectivity index (χ4v) is 3.78. The average Bonchev–Trinajstić information content (AvgIpc) is 3.03. The second-order valence-electron chi connectivity index (χ2n) is 5.32. The van der Waals surface area contributed by atoms with Gasteiger partial charge in [-0.05, 0) is 37.3 Å². The highest BCUT2D eigenvalue weighted by Crippen LogP contribution is 2.33. The van der Waals surface area contributed by atoms with Crippen molar-refractivity contribution >= 4 is 49.9 Å². The van der Waals surface area contributed by atoms with E-state index in [-0.39, 0.29) is 5.91 Å². The number of nitrogens with zero attached hydrogens (tertiary/aromatic N) is 1. The summed E-state index contributed by atoms with van der Waals surface area (Å²) in [7, 11) is 1.62. The van der Waals surface area contributed by atoms with Gasteiger partial charge in [0.05, 0.1) is 23.4 Å². The molecule has 4 nitrogen and oxygen atoms in total. The molecule has 128 valence electrons. The second-order valence-corrected chi connectivity index (χ2v) is 7.50. The fraction of sp³-hybridized carbons (Fsp3) is 0.111. The number of amides is 1. The van der Waals surface area contributed by atoms with Gasteiger partial charge in [0.25, 0.3) is 5.91 Å². The Bertz CT molecular complexity index is 943. The van der Waals surface area contributed by atoms with E-state index in [4.69, 9.17) is 16.3 Å². The van der Waals surface area contributed by atoms with Gasteiger partial charge in [-0.25, -0.2) is 4.98 Å². The van der Waals surface area contributed by atoms with E-state index in [0.717, 1.165) is 27.0 Å². The van der Waals surface area contributed by atoms with Crippen LogP contribution in [0.1, 0.15) is 15.9 Å². The molecule has 25 heavy (non-hydrogen) atoms. The molecule has 1 amide bonds. The lowest BCUT2D eigenvalue weighted by Gasteiger charge is -2.07. The SMILES string of the molecule is COc1ccc(C)cc1-c1csc(NC(=O)c2ccc(Br)cc2Cl)n1. The number of carbonyl (C=O) groups excluding carboxylic acids is 1. The number of halogens is 2. The van der Waals surface area contributed by atoms with Crippen molar-refractivity contribution in [1.82, 2.24) is 4.98 Å². The number of anilines is 1. The molecule has 1 N–H and O–H groups in total. The first-order chi connectivity index (χ1) is 12.0. The van der Waals surface area contributed by atoms with Gasteiger partial charge < -0.3 is 4.74 Å². The van der Waals surface area contributed by atoms with E-state index in [9.17, 15) is 4.79 Å². The third kappa shape index (κ3) is 4.03. The Morgan fingerprint density at radius 2 is 2.08 bits per heavy atom. The molecule has 0 aliphatic rings. The minimum atomic E-state index is -0.297. The highest BCUT2D eigenvalue weighted by atomic mass is 79.9. The molecule has 1 aromatic heterocycles. The third-order valence-electron chi connectivity index (χ3n) is 3.53. The van der Waals surface area contributed by atoms with Crippen LogP contribution in [0.15, 0.2) is 46.3 Å². The van der Waals surface area contributed by atoms with Gasteiger partial charge in [0, 0.05) is 15.4 Å². The van der Waals surface area contributed by atoms with Crippen LogP contribution in [0.2, 0.25) is 5.02 Å². The second kappa shape index (κ2) is 7.56. The van der Waals surface area contributed by atoms with Gasteiger partial charge in [-0.1, -0.05) is 39.2 Å². The topological polar surface area (TPSA) is 51.2 Å². The number of hydrogen-bond acceptors (Lipinski definition) is 4. The number of carbonyl (C=O) groups is 1. The van der Waals surface area contributed by atoms with Crippen molar-refractivity contribution in [3.8, 4) is 17.0 Å². The van der Waals surface area contributed by atoms with Crippen LogP contribution in [-0.2, 0) is 0 Å². The van der Waals surface area contributed by atoms with Crippen LogP contribution in [0.4, 0.5) is 5.13 Å². The molecule has 0 aliphatic carbocycles. The highest BCUT2D eigenvalue weighted by Gasteiger charge is 2.15. The zero-order valence-corrected chi connectivity index (χ0v) is 16.6. The van der Waals surface area contributed by atoms with Gasteiger partial charge in [0.15, 0.2) is 5.13 Å². The molecule has 3 rings (SSSR count). The summed E-state index contributed by atoms with van der Waals surface area (Å²) in [5.74, 6) is 0.444. The largest absolute Gasteiger partial charge is 0.496 e. The van der Waals surface area contributed by atoms with Crippen molar-refractivity contribution in [1.29, 1.82) is 0 Å². The number of ether oxygens (including phenoxy) is 1. The number of thiazole rings is 1. The molecule has 0 spiro atoms. The summed E-state index contributed by atoms with van der Waals surface area (Å²) in [5.41, 5.74) is 3.15. The number of benzene rings is 2. The molecule has 0 saturated heterocycles. The van der Waals surface area contributed by atoms with Crippen molar-refractivity contribution in [2.75, 3.05) is 12.4 Å². The molecule has 0 fully saturated rings. The fourth-order valence-electron chi connectivity index (χ4n) is 2.31. The van der Waals surface area contributed by atoms with Crippen molar-refractivity contribution in [3.05, 3.63) is 62.4 Å². The minimum Gasteiger partial charge on any atom is -0.496 e. The van der Waals surface area contributed by atoms with E-state index in [0.29, 0.717) is 15.7 Å². The van der Waals surface area contributed by atoms with Crippen LogP contribution in [-0.4, -0.2) is 18.0 Å². The smallest absolute Gasteiger partial charge is 0.258 e. The maximum absolute atomic E-state index is 12.4. The summed E-state index contributed by atoms with van der Waals surface area (Å²) < 4.78 is 6.21. The first-order valence-corrected chi connectivity index (χ1v) is 9.40. The molecule has 0 bridgehead atoms. The highest BCUT2D eigenvalue weighted by molar-refractivity contribution is 9.10. The molecular formula is C18H14BrClN2O2S. The van der Waals surface area contributed by atoms with Crippen LogP contribution in [0.25, 0.3) is 11.3 Å².